The van der Waals surface area contributed by atoms with Crippen molar-refractivity contribution in [2.75, 3.05) is 0 Å². The standard InChI is InChI=1S/C16H16O2/c17-15(13-7-3-1-4-8-13)11-12-16(18)14-9-5-2-6-10-14/h1-12,15-18H/b12-11-/t15-,16-/m0/s1. The van der Waals surface area contributed by atoms with Crippen LogP contribution in [-0.2, 0) is 0 Å². The van der Waals surface area contributed by atoms with E-state index in [1.54, 1.807) is 12.2 Å². The van der Waals surface area contributed by atoms with E-state index in [4.69, 9.17) is 0 Å². The Morgan fingerprint density at radius 1 is 0.611 bits per heavy atom. The highest BCUT2D eigenvalue weighted by Gasteiger charge is 2.05. The third kappa shape index (κ3) is 3.29. The van der Waals surface area contributed by atoms with Crippen molar-refractivity contribution >= 4 is 0 Å². The molecule has 0 aliphatic rings. The Morgan fingerprint density at radius 3 is 1.28 bits per heavy atom. The van der Waals surface area contributed by atoms with Crippen LogP contribution in [0.2, 0.25) is 0 Å². The molecule has 0 spiro atoms. The molecule has 0 bridgehead atoms. The zero-order valence-electron chi connectivity index (χ0n) is 9.98. The van der Waals surface area contributed by atoms with Gasteiger partial charge in [0.15, 0.2) is 0 Å². The second-order valence-corrected chi connectivity index (χ2v) is 4.10. The van der Waals surface area contributed by atoms with E-state index in [-0.39, 0.29) is 0 Å². The van der Waals surface area contributed by atoms with E-state index in [0.29, 0.717) is 0 Å². The van der Waals surface area contributed by atoms with Crippen molar-refractivity contribution in [2.45, 2.75) is 12.2 Å². The average molecular weight is 240 g/mol. The van der Waals surface area contributed by atoms with Gasteiger partial charge in [-0.15, -0.1) is 0 Å². The molecule has 18 heavy (non-hydrogen) atoms. The van der Waals surface area contributed by atoms with Gasteiger partial charge < -0.3 is 10.2 Å². The maximum Gasteiger partial charge on any atom is 0.0972 e. The second kappa shape index (κ2) is 6.15. The average Bonchev–Trinajstić information content (AvgIpc) is 2.46. The molecular formula is C16H16O2. The summed E-state index contributed by atoms with van der Waals surface area (Å²) in [5.74, 6) is 0. The number of hydrogen-bond acceptors (Lipinski definition) is 2. The van der Waals surface area contributed by atoms with Crippen molar-refractivity contribution in [3.05, 3.63) is 83.9 Å². The van der Waals surface area contributed by atoms with Gasteiger partial charge in [-0.3, -0.25) is 0 Å². The molecule has 0 radical (unpaired) electrons. The van der Waals surface area contributed by atoms with Crippen LogP contribution in [0.1, 0.15) is 23.3 Å². The first-order valence-electron chi connectivity index (χ1n) is 5.92. The minimum absolute atomic E-state index is 0.690. The van der Waals surface area contributed by atoms with Crippen LogP contribution in [0.3, 0.4) is 0 Å². The lowest BCUT2D eigenvalue weighted by Gasteiger charge is -2.08. The highest BCUT2D eigenvalue weighted by Crippen LogP contribution is 2.18. The van der Waals surface area contributed by atoms with Gasteiger partial charge in [-0.2, -0.15) is 0 Å². The van der Waals surface area contributed by atoms with E-state index in [1.165, 1.54) is 0 Å². The largest absolute Gasteiger partial charge is 0.384 e. The molecule has 0 aromatic heterocycles. The minimum atomic E-state index is -0.690. The maximum atomic E-state index is 9.92. The van der Waals surface area contributed by atoms with E-state index in [0.717, 1.165) is 11.1 Å². The summed E-state index contributed by atoms with van der Waals surface area (Å²) in [7, 11) is 0. The van der Waals surface area contributed by atoms with Crippen LogP contribution in [0, 0.1) is 0 Å². The van der Waals surface area contributed by atoms with Crippen LogP contribution in [-0.4, -0.2) is 10.2 Å². The highest BCUT2D eigenvalue weighted by atomic mass is 16.3. The second-order valence-electron chi connectivity index (χ2n) is 4.10. The Hall–Kier alpha value is -1.90. The van der Waals surface area contributed by atoms with Crippen molar-refractivity contribution in [3.63, 3.8) is 0 Å². The lowest BCUT2D eigenvalue weighted by molar-refractivity contribution is 0.212. The first kappa shape index (κ1) is 12.6. The van der Waals surface area contributed by atoms with Gasteiger partial charge >= 0.3 is 0 Å². The summed E-state index contributed by atoms with van der Waals surface area (Å²) < 4.78 is 0. The van der Waals surface area contributed by atoms with Gasteiger partial charge in [-0.25, -0.2) is 0 Å². The highest BCUT2D eigenvalue weighted by molar-refractivity contribution is 5.24. The van der Waals surface area contributed by atoms with Gasteiger partial charge in [0.1, 0.15) is 0 Å². The van der Waals surface area contributed by atoms with E-state index >= 15 is 0 Å². The number of aliphatic hydroxyl groups excluding tert-OH is 2. The van der Waals surface area contributed by atoms with Crippen molar-refractivity contribution in [2.24, 2.45) is 0 Å². The summed E-state index contributed by atoms with van der Waals surface area (Å²) in [6.07, 6.45) is 1.83. The Kier molecular flexibility index (Phi) is 4.29. The van der Waals surface area contributed by atoms with Crippen molar-refractivity contribution < 1.29 is 10.2 Å². The van der Waals surface area contributed by atoms with Gasteiger partial charge in [-0.05, 0) is 11.1 Å². The monoisotopic (exact) mass is 240 g/mol. The predicted octanol–water partition coefficient (Wildman–Crippen LogP) is 3.01. The van der Waals surface area contributed by atoms with E-state index < -0.39 is 12.2 Å². The summed E-state index contributed by atoms with van der Waals surface area (Å²) in [5.41, 5.74) is 1.63. The smallest absolute Gasteiger partial charge is 0.0972 e. The molecule has 2 N–H and O–H groups in total. The van der Waals surface area contributed by atoms with Crippen molar-refractivity contribution in [3.8, 4) is 0 Å². The van der Waals surface area contributed by atoms with Gasteiger partial charge in [0.25, 0.3) is 0 Å². The normalized spacial score (nSPS) is 14.6. The number of aliphatic hydroxyl groups is 2. The minimum Gasteiger partial charge on any atom is -0.384 e. The molecule has 0 saturated carbocycles. The molecule has 92 valence electrons. The van der Waals surface area contributed by atoms with E-state index in [9.17, 15) is 10.2 Å². The van der Waals surface area contributed by atoms with Gasteiger partial charge in [0, 0.05) is 0 Å². The Morgan fingerprint density at radius 2 is 0.944 bits per heavy atom. The van der Waals surface area contributed by atoms with Crippen LogP contribution in [0.4, 0.5) is 0 Å². The molecule has 0 heterocycles. The fourth-order valence-electron chi connectivity index (χ4n) is 1.73. The Labute approximate surface area is 107 Å². The van der Waals surface area contributed by atoms with Crippen LogP contribution < -0.4 is 0 Å². The summed E-state index contributed by atoms with van der Waals surface area (Å²) in [6.45, 7) is 0. The Balaban J connectivity index is 2.03. The first-order valence-corrected chi connectivity index (χ1v) is 5.92. The topological polar surface area (TPSA) is 40.5 Å². The molecule has 0 aliphatic heterocycles. The van der Waals surface area contributed by atoms with Crippen LogP contribution in [0.25, 0.3) is 0 Å². The lowest BCUT2D eigenvalue weighted by atomic mass is 10.1. The molecule has 2 atom stereocenters. The molecule has 0 fully saturated rings. The van der Waals surface area contributed by atoms with Gasteiger partial charge in [-0.1, -0.05) is 72.8 Å². The van der Waals surface area contributed by atoms with Crippen LogP contribution in [0.15, 0.2) is 72.8 Å². The SMILES string of the molecule is O[C@@H](/C=C\[C@H](O)c1ccccc1)c1ccccc1. The van der Waals surface area contributed by atoms with Crippen molar-refractivity contribution in [1.82, 2.24) is 0 Å². The molecule has 0 amide bonds. The zero-order valence-corrected chi connectivity index (χ0v) is 9.98. The zero-order chi connectivity index (χ0) is 12.8. The first-order chi connectivity index (χ1) is 8.77. The molecule has 2 nitrogen and oxygen atoms in total. The third-order valence-electron chi connectivity index (χ3n) is 2.76. The quantitative estimate of drug-likeness (QED) is 0.806. The molecule has 0 saturated heterocycles. The van der Waals surface area contributed by atoms with E-state index in [2.05, 4.69) is 0 Å². The Bertz CT molecular complexity index is 444. The molecule has 2 aromatic rings. The van der Waals surface area contributed by atoms with Gasteiger partial charge in [0.05, 0.1) is 12.2 Å². The summed E-state index contributed by atoms with van der Waals surface area (Å²) in [6, 6.07) is 18.7. The lowest BCUT2D eigenvalue weighted by Crippen LogP contribution is -1.96. The molecule has 0 unspecified atom stereocenters. The van der Waals surface area contributed by atoms with Crippen LogP contribution >= 0.6 is 0 Å². The fourth-order valence-corrected chi connectivity index (χ4v) is 1.73. The van der Waals surface area contributed by atoms with E-state index in [1.807, 2.05) is 60.7 Å². The molecular weight excluding hydrogens is 224 g/mol. The molecule has 2 aromatic carbocycles. The summed E-state index contributed by atoms with van der Waals surface area (Å²) in [4.78, 5) is 0. The third-order valence-corrected chi connectivity index (χ3v) is 2.76. The molecule has 0 aliphatic carbocycles. The maximum absolute atomic E-state index is 9.92. The van der Waals surface area contributed by atoms with Crippen LogP contribution in [0.5, 0.6) is 0 Å². The summed E-state index contributed by atoms with van der Waals surface area (Å²) in [5, 5.41) is 19.8. The molecule has 2 rings (SSSR count). The number of hydrogen-bond donors (Lipinski definition) is 2. The number of benzene rings is 2. The number of rotatable bonds is 4. The predicted molar refractivity (Wildman–Crippen MR) is 71.9 cm³/mol. The molecule has 2 heteroatoms. The van der Waals surface area contributed by atoms with Crippen molar-refractivity contribution in [1.29, 1.82) is 0 Å². The summed E-state index contributed by atoms with van der Waals surface area (Å²) >= 11 is 0. The fraction of sp³-hybridized carbons (Fsp3) is 0.125. The van der Waals surface area contributed by atoms with Gasteiger partial charge in [0.2, 0.25) is 0 Å².